The van der Waals surface area contributed by atoms with Gasteiger partial charge in [0.05, 0.1) is 11.6 Å². The fourth-order valence-electron chi connectivity index (χ4n) is 5.08. The van der Waals surface area contributed by atoms with E-state index >= 15 is 0 Å². The van der Waals surface area contributed by atoms with Gasteiger partial charge in [0.2, 0.25) is 0 Å². The maximum Gasteiger partial charge on any atom is 0.319 e. The van der Waals surface area contributed by atoms with Crippen molar-refractivity contribution in [3.63, 3.8) is 0 Å². The van der Waals surface area contributed by atoms with Crippen LogP contribution in [-0.4, -0.2) is 41.1 Å². The number of aryl methyl sites for hydroxylation is 1. The predicted octanol–water partition coefficient (Wildman–Crippen LogP) is 5.33. The molecule has 0 saturated carbocycles. The van der Waals surface area contributed by atoms with E-state index in [1.165, 1.54) is 11.1 Å². The smallest absolute Gasteiger partial charge is 0.319 e. The normalized spacial score (nSPS) is 18.9. The van der Waals surface area contributed by atoms with E-state index < -0.39 is 0 Å². The molecule has 1 aliphatic carbocycles. The van der Waals surface area contributed by atoms with E-state index in [1.54, 1.807) is 0 Å². The van der Waals surface area contributed by atoms with Crippen LogP contribution in [0.15, 0.2) is 54.6 Å². The number of nitrogens with one attached hydrogen (secondary N) is 3. The van der Waals surface area contributed by atoms with Crippen molar-refractivity contribution in [1.29, 1.82) is 0 Å². The van der Waals surface area contributed by atoms with Crippen LogP contribution >= 0.6 is 0 Å². The highest BCUT2D eigenvalue weighted by atomic mass is 16.2. The number of fused-ring (bicyclic) bond motifs is 2. The molecule has 0 radical (unpaired) electrons. The Morgan fingerprint density at radius 1 is 1.03 bits per heavy atom. The van der Waals surface area contributed by atoms with Crippen LogP contribution in [0.25, 0.3) is 10.9 Å². The molecule has 33 heavy (non-hydrogen) atoms. The first-order valence-corrected chi connectivity index (χ1v) is 12.1. The van der Waals surface area contributed by atoms with E-state index in [9.17, 15) is 4.79 Å². The lowest BCUT2D eigenvalue weighted by Crippen LogP contribution is -2.47. The summed E-state index contributed by atoms with van der Waals surface area (Å²) in [6.07, 6.45) is 4.19. The SMILES string of the molecule is CC(C)N1CCC(NC(=O)Nc2ccc3nc(NC4CCc5ccccc54)ccc3c2)CC1. The van der Waals surface area contributed by atoms with Crippen molar-refractivity contribution in [2.75, 3.05) is 23.7 Å². The molecular formula is C27H33N5O. The molecule has 5 rings (SSSR count). The Labute approximate surface area is 195 Å². The van der Waals surface area contributed by atoms with Crippen molar-refractivity contribution >= 4 is 28.4 Å². The number of carbonyl (C=O) groups is 1. The van der Waals surface area contributed by atoms with E-state index in [0.717, 1.165) is 61.2 Å². The van der Waals surface area contributed by atoms with Gasteiger partial charge in [-0.05, 0) is 81.0 Å². The van der Waals surface area contributed by atoms with E-state index in [-0.39, 0.29) is 12.1 Å². The molecule has 2 aliphatic rings. The zero-order valence-electron chi connectivity index (χ0n) is 19.5. The van der Waals surface area contributed by atoms with E-state index in [0.29, 0.717) is 12.1 Å². The number of anilines is 2. The average molecular weight is 444 g/mol. The second-order valence-corrected chi connectivity index (χ2v) is 9.54. The van der Waals surface area contributed by atoms with Crippen LogP contribution in [0.1, 0.15) is 50.3 Å². The minimum absolute atomic E-state index is 0.136. The molecule has 172 valence electrons. The standard InChI is InChI=1S/C27H33N5O/c1-18(2)32-15-13-21(14-16-32)28-27(33)29-22-9-11-24-20(17-22)8-12-26(30-24)31-25-10-7-19-5-3-4-6-23(19)25/h3-6,8-9,11-12,17-18,21,25H,7,10,13-16H2,1-2H3,(H,30,31)(H2,28,29,33). The van der Waals surface area contributed by atoms with Crippen molar-refractivity contribution < 1.29 is 4.79 Å². The number of benzene rings is 2. The third-order valence-electron chi connectivity index (χ3n) is 7.00. The van der Waals surface area contributed by atoms with Crippen molar-refractivity contribution in [2.24, 2.45) is 0 Å². The van der Waals surface area contributed by atoms with Gasteiger partial charge in [-0.1, -0.05) is 24.3 Å². The lowest BCUT2D eigenvalue weighted by molar-refractivity contribution is 0.163. The molecule has 6 heteroatoms. The summed E-state index contributed by atoms with van der Waals surface area (Å²) in [6.45, 7) is 6.52. The summed E-state index contributed by atoms with van der Waals surface area (Å²) in [5, 5.41) is 10.7. The summed E-state index contributed by atoms with van der Waals surface area (Å²) in [4.78, 5) is 19.8. The predicted molar refractivity (Wildman–Crippen MR) is 135 cm³/mol. The molecule has 3 aromatic rings. The van der Waals surface area contributed by atoms with Gasteiger partial charge in [-0.15, -0.1) is 0 Å². The third kappa shape index (κ3) is 4.96. The number of amides is 2. The Balaban J connectivity index is 1.19. The van der Waals surface area contributed by atoms with Crippen molar-refractivity contribution in [1.82, 2.24) is 15.2 Å². The number of nitrogens with zero attached hydrogens (tertiary/aromatic N) is 2. The number of urea groups is 1. The number of hydrogen-bond acceptors (Lipinski definition) is 4. The fourth-order valence-corrected chi connectivity index (χ4v) is 5.08. The van der Waals surface area contributed by atoms with Gasteiger partial charge in [-0.2, -0.15) is 0 Å². The number of aromatic nitrogens is 1. The lowest BCUT2D eigenvalue weighted by atomic mass is 10.0. The first-order valence-electron chi connectivity index (χ1n) is 12.1. The molecular weight excluding hydrogens is 410 g/mol. The zero-order chi connectivity index (χ0) is 22.8. The van der Waals surface area contributed by atoms with Crippen LogP contribution in [0.3, 0.4) is 0 Å². The third-order valence-corrected chi connectivity index (χ3v) is 7.00. The van der Waals surface area contributed by atoms with Crippen LogP contribution in [0.4, 0.5) is 16.3 Å². The average Bonchev–Trinajstić information content (AvgIpc) is 3.22. The summed E-state index contributed by atoms with van der Waals surface area (Å²) in [6, 6.07) is 19.6. The Bertz CT molecular complexity index is 1140. The Morgan fingerprint density at radius 2 is 1.85 bits per heavy atom. The van der Waals surface area contributed by atoms with E-state index in [1.807, 2.05) is 24.3 Å². The molecule has 1 unspecified atom stereocenters. The molecule has 6 nitrogen and oxygen atoms in total. The Morgan fingerprint density at radius 3 is 2.67 bits per heavy atom. The first-order chi connectivity index (χ1) is 16.0. The number of pyridine rings is 1. The van der Waals surface area contributed by atoms with Crippen molar-refractivity contribution in [2.45, 2.75) is 57.7 Å². The molecule has 1 aliphatic heterocycles. The minimum atomic E-state index is -0.136. The molecule has 1 fully saturated rings. The number of likely N-dealkylation sites (tertiary alicyclic amines) is 1. The minimum Gasteiger partial charge on any atom is -0.363 e. The Hall–Kier alpha value is -3.12. The number of piperidine rings is 1. The van der Waals surface area contributed by atoms with Crippen molar-refractivity contribution in [3.05, 3.63) is 65.7 Å². The highest BCUT2D eigenvalue weighted by Gasteiger charge is 2.23. The summed E-state index contributed by atoms with van der Waals surface area (Å²) < 4.78 is 0. The molecule has 0 bridgehead atoms. The monoisotopic (exact) mass is 443 g/mol. The first kappa shape index (κ1) is 21.7. The molecule has 2 amide bonds. The summed E-state index contributed by atoms with van der Waals surface area (Å²) in [5.74, 6) is 0.885. The van der Waals surface area contributed by atoms with Gasteiger partial charge in [0.15, 0.2) is 0 Å². The number of rotatable bonds is 5. The molecule has 3 N–H and O–H groups in total. The lowest BCUT2D eigenvalue weighted by Gasteiger charge is -2.34. The highest BCUT2D eigenvalue weighted by molar-refractivity contribution is 5.93. The van der Waals surface area contributed by atoms with Crippen molar-refractivity contribution in [3.8, 4) is 0 Å². The van der Waals surface area contributed by atoms with Gasteiger partial charge >= 0.3 is 6.03 Å². The molecule has 1 saturated heterocycles. The van der Waals surface area contributed by atoms with Crippen LogP contribution in [0, 0.1) is 0 Å². The fraction of sp³-hybridized carbons (Fsp3) is 0.407. The highest BCUT2D eigenvalue weighted by Crippen LogP contribution is 2.33. The zero-order valence-corrected chi connectivity index (χ0v) is 19.5. The second-order valence-electron chi connectivity index (χ2n) is 9.54. The maximum atomic E-state index is 12.5. The summed E-state index contributed by atoms with van der Waals surface area (Å²) in [5.41, 5.74) is 4.50. The molecule has 1 aromatic heterocycles. The quantitative estimate of drug-likeness (QED) is 0.499. The van der Waals surface area contributed by atoms with Crippen LogP contribution < -0.4 is 16.0 Å². The Kier molecular flexibility index (Phi) is 6.18. The number of carbonyl (C=O) groups excluding carboxylic acids is 1. The topological polar surface area (TPSA) is 69.3 Å². The van der Waals surface area contributed by atoms with Gasteiger partial charge in [0.1, 0.15) is 5.82 Å². The van der Waals surface area contributed by atoms with Gasteiger partial charge < -0.3 is 20.9 Å². The molecule has 0 spiro atoms. The van der Waals surface area contributed by atoms with E-state index in [2.05, 4.69) is 65.0 Å². The van der Waals surface area contributed by atoms with Crippen LogP contribution in [0.5, 0.6) is 0 Å². The summed E-state index contributed by atoms with van der Waals surface area (Å²) >= 11 is 0. The van der Waals surface area contributed by atoms with Crippen LogP contribution in [0.2, 0.25) is 0 Å². The largest absolute Gasteiger partial charge is 0.363 e. The molecule has 1 atom stereocenters. The maximum absolute atomic E-state index is 12.5. The summed E-state index contributed by atoms with van der Waals surface area (Å²) in [7, 11) is 0. The van der Waals surface area contributed by atoms with E-state index in [4.69, 9.17) is 4.98 Å². The second kappa shape index (κ2) is 9.40. The van der Waals surface area contributed by atoms with Crippen LogP contribution in [-0.2, 0) is 6.42 Å². The van der Waals surface area contributed by atoms with Gasteiger partial charge in [-0.3, -0.25) is 0 Å². The van der Waals surface area contributed by atoms with Gasteiger partial charge in [0.25, 0.3) is 0 Å². The molecule has 2 heterocycles. The molecule has 2 aromatic carbocycles. The van der Waals surface area contributed by atoms with Gasteiger partial charge in [-0.25, -0.2) is 9.78 Å². The van der Waals surface area contributed by atoms with Gasteiger partial charge in [0, 0.05) is 36.2 Å². The number of hydrogen-bond donors (Lipinski definition) is 3.